The Balaban J connectivity index is 1.20. The highest BCUT2D eigenvalue weighted by Crippen LogP contribution is 2.32. The maximum Gasteiger partial charge on any atom is 0.272 e. The maximum atomic E-state index is 13.8. The van der Waals surface area contributed by atoms with Crippen LogP contribution in [-0.2, 0) is 24.2 Å². The summed E-state index contributed by atoms with van der Waals surface area (Å²) >= 11 is 2.76. The van der Waals surface area contributed by atoms with Gasteiger partial charge in [-0.25, -0.2) is 4.98 Å². The zero-order valence-corrected chi connectivity index (χ0v) is 24.9. The minimum absolute atomic E-state index is 0.0718. The minimum Gasteiger partial charge on any atom is -0.493 e. The summed E-state index contributed by atoms with van der Waals surface area (Å²) < 4.78 is 14.1. The first kappa shape index (κ1) is 27.9. The van der Waals surface area contributed by atoms with Crippen molar-refractivity contribution in [2.75, 3.05) is 26.5 Å². The van der Waals surface area contributed by atoms with Crippen LogP contribution in [-0.4, -0.2) is 47.0 Å². The number of thiophene rings is 1. The predicted octanol–water partition coefficient (Wildman–Crippen LogP) is 5.80. The number of thioether (sulfide) groups is 1. The van der Waals surface area contributed by atoms with Gasteiger partial charge in [0.25, 0.3) is 5.56 Å². The lowest BCUT2D eigenvalue weighted by Crippen LogP contribution is -2.28. The largest absolute Gasteiger partial charge is 0.493 e. The Morgan fingerprint density at radius 3 is 2.62 bits per heavy atom. The van der Waals surface area contributed by atoms with Crippen LogP contribution in [0.2, 0.25) is 0 Å². The number of aromatic nitrogens is 3. The van der Waals surface area contributed by atoms with Crippen LogP contribution in [0.15, 0.2) is 82.9 Å². The van der Waals surface area contributed by atoms with Crippen LogP contribution < -0.4 is 20.3 Å². The quantitative estimate of drug-likeness (QED) is 0.144. The number of ether oxygens (including phenoxy) is 2. The zero-order chi connectivity index (χ0) is 29.1. The van der Waals surface area contributed by atoms with Gasteiger partial charge in [-0.2, -0.15) is 0 Å². The van der Waals surface area contributed by atoms with Gasteiger partial charge in [-0.3, -0.25) is 14.2 Å². The Morgan fingerprint density at radius 2 is 1.79 bits per heavy atom. The molecule has 0 aliphatic carbocycles. The number of nitrogens with one attached hydrogen (secondary N) is 2. The minimum atomic E-state index is -0.117. The summed E-state index contributed by atoms with van der Waals surface area (Å²) in [6.45, 7) is 0.936. The summed E-state index contributed by atoms with van der Waals surface area (Å²) in [7, 11) is 3.20. The second kappa shape index (κ2) is 12.3. The molecule has 3 heterocycles. The number of amides is 1. The van der Waals surface area contributed by atoms with Crippen molar-refractivity contribution >= 4 is 60.2 Å². The van der Waals surface area contributed by atoms with Crippen molar-refractivity contribution in [3.8, 4) is 11.5 Å². The van der Waals surface area contributed by atoms with E-state index < -0.39 is 0 Å². The molecule has 3 aromatic heterocycles. The van der Waals surface area contributed by atoms with Crippen molar-refractivity contribution in [1.29, 1.82) is 0 Å². The van der Waals surface area contributed by atoms with Crippen LogP contribution in [0, 0.1) is 0 Å². The molecule has 0 saturated carbocycles. The van der Waals surface area contributed by atoms with Gasteiger partial charge in [-0.05, 0) is 48.2 Å². The molecule has 0 aliphatic heterocycles. The molecule has 0 fully saturated rings. The smallest absolute Gasteiger partial charge is 0.272 e. The molecule has 0 atom stereocenters. The van der Waals surface area contributed by atoms with Gasteiger partial charge in [0.2, 0.25) is 5.91 Å². The fourth-order valence-corrected chi connectivity index (χ4v) is 7.03. The summed E-state index contributed by atoms with van der Waals surface area (Å²) in [4.78, 5) is 34.9. The SMILES string of the molecule is COc1ccc(CCNC(=O)CSc2nc3c(sc4ccccc43)c(=O)n2CCc2c[nH]c3ccccc23)cc1OC. The van der Waals surface area contributed by atoms with E-state index in [1.165, 1.54) is 23.1 Å². The molecule has 0 radical (unpaired) electrons. The van der Waals surface area contributed by atoms with Gasteiger partial charge >= 0.3 is 0 Å². The van der Waals surface area contributed by atoms with Gasteiger partial charge < -0.3 is 19.8 Å². The highest BCUT2D eigenvalue weighted by Gasteiger charge is 2.18. The molecule has 10 heteroatoms. The number of carbonyl (C=O) groups excluding carboxylic acids is 1. The summed E-state index contributed by atoms with van der Waals surface area (Å²) in [6, 6.07) is 21.8. The molecule has 8 nitrogen and oxygen atoms in total. The highest BCUT2D eigenvalue weighted by atomic mass is 32.2. The van der Waals surface area contributed by atoms with Gasteiger partial charge in [-0.1, -0.05) is 54.2 Å². The monoisotopic (exact) mass is 598 g/mol. The first-order valence-corrected chi connectivity index (χ1v) is 15.4. The number of hydrogen-bond donors (Lipinski definition) is 2. The fourth-order valence-electron chi connectivity index (χ4n) is 5.09. The molecule has 0 spiro atoms. The lowest BCUT2D eigenvalue weighted by Gasteiger charge is -2.12. The number of fused-ring (bicyclic) bond motifs is 4. The van der Waals surface area contributed by atoms with Crippen molar-refractivity contribution < 1.29 is 14.3 Å². The number of carbonyl (C=O) groups is 1. The predicted molar refractivity (Wildman–Crippen MR) is 170 cm³/mol. The number of H-pyrrole nitrogens is 1. The average molecular weight is 599 g/mol. The topological polar surface area (TPSA) is 98.2 Å². The molecule has 3 aromatic carbocycles. The van der Waals surface area contributed by atoms with E-state index in [-0.39, 0.29) is 17.2 Å². The lowest BCUT2D eigenvalue weighted by molar-refractivity contribution is -0.118. The molecule has 2 N–H and O–H groups in total. The zero-order valence-electron chi connectivity index (χ0n) is 23.3. The highest BCUT2D eigenvalue weighted by molar-refractivity contribution is 7.99. The third kappa shape index (κ3) is 5.60. The Labute approximate surface area is 250 Å². The number of hydrogen-bond acceptors (Lipinski definition) is 7. The summed E-state index contributed by atoms with van der Waals surface area (Å²) in [6.07, 6.45) is 3.31. The lowest BCUT2D eigenvalue weighted by atomic mass is 10.1. The molecule has 0 aliphatic rings. The normalized spacial score (nSPS) is 11.4. The summed E-state index contributed by atoms with van der Waals surface area (Å²) in [5.74, 6) is 1.36. The van der Waals surface area contributed by atoms with Crippen LogP contribution in [0.3, 0.4) is 0 Å². The third-order valence-electron chi connectivity index (χ3n) is 7.24. The first-order chi connectivity index (χ1) is 20.6. The number of aromatic amines is 1. The van der Waals surface area contributed by atoms with Crippen LogP contribution >= 0.6 is 23.1 Å². The standard InChI is InChI=1S/C32H30N4O4S2/c1-39-25-12-11-20(17-26(25)40-2)13-15-33-28(37)19-41-32-35-29-23-8-4-6-10-27(23)42-30(29)31(38)36(32)16-14-21-18-34-24-9-5-3-7-22(21)24/h3-12,17-18,34H,13-16,19H2,1-2H3,(H,33,37). The average Bonchev–Trinajstić information content (AvgIpc) is 3.61. The number of rotatable bonds is 11. The van der Waals surface area contributed by atoms with Gasteiger partial charge in [0, 0.05) is 40.3 Å². The molecule has 42 heavy (non-hydrogen) atoms. The van der Waals surface area contributed by atoms with Crippen LogP contribution in [0.4, 0.5) is 0 Å². The Hall–Kier alpha value is -4.28. The molecule has 6 rings (SSSR count). The first-order valence-electron chi connectivity index (χ1n) is 13.6. The van der Waals surface area contributed by atoms with Crippen LogP contribution in [0.1, 0.15) is 11.1 Å². The second-order valence-corrected chi connectivity index (χ2v) is 11.8. The third-order valence-corrected chi connectivity index (χ3v) is 9.37. The molecular weight excluding hydrogens is 569 g/mol. The molecule has 0 bridgehead atoms. The number of aryl methyl sites for hydroxylation is 1. The van der Waals surface area contributed by atoms with Crippen molar-refractivity contribution in [2.24, 2.45) is 0 Å². The molecule has 1 amide bonds. The van der Waals surface area contributed by atoms with Gasteiger partial charge in [0.05, 0.1) is 25.5 Å². The van der Waals surface area contributed by atoms with E-state index in [0.29, 0.717) is 52.8 Å². The maximum absolute atomic E-state index is 13.8. The van der Waals surface area contributed by atoms with E-state index in [0.717, 1.165) is 32.1 Å². The van der Waals surface area contributed by atoms with E-state index in [1.807, 2.05) is 66.9 Å². The Bertz CT molecular complexity index is 1960. The van der Waals surface area contributed by atoms with Crippen molar-refractivity contribution in [1.82, 2.24) is 19.9 Å². The van der Waals surface area contributed by atoms with Crippen molar-refractivity contribution in [2.45, 2.75) is 24.5 Å². The van der Waals surface area contributed by atoms with Gasteiger partial charge in [-0.15, -0.1) is 11.3 Å². The second-order valence-electron chi connectivity index (χ2n) is 9.81. The Kier molecular flexibility index (Phi) is 8.16. The number of nitrogens with zero attached hydrogens (tertiary/aromatic N) is 2. The van der Waals surface area contributed by atoms with Crippen LogP contribution in [0.5, 0.6) is 11.5 Å². The van der Waals surface area contributed by atoms with Crippen LogP contribution in [0.25, 0.3) is 31.2 Å². The molecule has 0 saturated heterocycles. The van der Waals surface area contributed by atoms with E-state index in [4.69, 9.17) is 14.5 Å². The van der Waals surface area contributed by atoms with Gasteiger partial charge in [0.1, 0.15) is 4.70 Å². The molecule has 214 valence electrons. The summed E-state index contributed by atoms with van der Waals surface area (Å²) in [5, 5.41) is 5.64. The number of benzene rings is 3. The van der Waals surface area contributed by atoms with E-state index >= 15 is 0 Å². The summed E-state index contributed by atoms with van der Waals surface area (Å²) in [5.41, 5.74) is 3.86. The van der Waals surface area contributed by atoms with Crippen molar-refractivity contribution in [3.05, 3.63) is 94.4 Å². The van der Waals surface area contributed by atoms with E-state index in [2.05, 4.69) is 16.4 Å². The van der Waals surface area contributed by atoms with Gasteiger partial charge in [0.15, 0.2) is 16.7 Å². The number of para-hydroxylation sites is 1. The molecule has 6 aromatic rings. The fraction of sp³-hybridized carbons (Fsp3) is 0.219. The Morgan fingerprint density at radius 1 is 1.00 bits per heavy atom. The van der Waals surface area contributed by atoms with E-state index in [1.54, 1.807) is 18.8 Å². The number of methoxy groups -OCH3 is 2. The van der Waals surface area contributed by atoms with Crippen molar-refractivity contribution in [3.63, 3.8) is 0 Å². The molecule has 0 unspecified atom stereocenters. The molecular formula is C32H30N4O4S2. The van der Waals surface area contributed by atoms with E-state index in [9.17, 15) is 9.59 Å².